The Labute approximate surface area is 150 Å². The minimum Gasteiger partial charge on any atom is -0.350 e. The van der Waals surface area contributed by atoms with Gasteiger partial charge in [0.1, 0.15) is 5.56 Å². The van der Waals surface area contributed by atoms with Crippen molar-refractivity contribution in [3.63, 3.8) is 0 Å². The normalized spacial score (nSPS) is 12.1. The number of hydrogen-bond acceptors (Lipinski definition) is 3. The van der Waals surface area contributed by atoms with E-state index in [1.807, 2.05) is 61.2 Å². The molecule has 0 unspecified atom stereocenters. The summed E-state index contributed by atoms with van der Waals surface area (Å²) in [5.74, 6) is -0.354. The van der Waals surface area contributed by atoms with E-state index in [0.29, 0.717) is 5.39 Å². The quantitative estimate of drug-likeness (QED) is 0.728. The number of benzene rings is 2. The predicted octanol–water partition coefficient (Wildman–Crippen LogP) is 3.75. The molecular formula is C20H20N2O2S. The van der Waals surface area contributed by atoms with Crippen molar-refractivity contribution in [2.24, 2.45) is 7.05 Å². The van der Waals surface area contributed by atoms with Gasteiger partial charge in [0.15, 0.2) is 0 Å². The molecule has 25 heavy (non-hydrogen) atoms. The lowest BCUT2D eigenvalue weighted by atomic mass is 10.1. The first-order chi connectivity index (χ1) is 12.0. The number of para-hydroxylation sites is 1. The van der Waals surface area contributed by atoms with Crippen molar-refractivity contribution in [1.29, 1.82) is 0 Å². The van der Waals surface area contributed by atoms with Crippen molar-refractivity contribution >= 4 is 28.6 Å². The molecule has 0 radical (unpaired) electrons. The average Bonchev–Trinajstić information content (AvgIpc) is 2.64. The molecule has 0 aliphatic heterocycles. The number of aryl methyl sites for hydroxylation is 1. The fourth-order valence-electron chi connectivity index (χ4n) is 2.85. The van der Waals surface area contributed by atoms with Gasteiger partial charge in [0.25, 0.3) is 5.91 Å². The highest BCUT2D eigenvalue weighted by molar-refractivity contribution is 7.98. The summed E-state index contributed by atoms with van der Waals surface area (Å²) in [5.41, 5.74) is 1.73. The van der Waals surface area contributed by atoms with Crippen LogP contribution in [-0.4, -0.2) is 16.7 Å². The van der Waals surface area contributed by atoms with Gasteiger partial charge in [0.2, 0.25) is 5.43 Å². The summed E-state index contributed by atoms with van der Waals surface area (Å²) >= 11 is 1.67. The van der Waals surface area contributed by atoms with E-state index in [4.69, 9.17) is 0 Å². The number of fused-ring (bicyclic) bond motifs is 1. The first-order valence-corrected chi connectivity index (χ1v) is 9.27. The van der Waals surface area contributed by atoms with Gasteiger partial charge in [-0.1, -0.05) is 24.3 Å². The van der Waals surface area contributed by atoms with Crippen molar-refractivity contribution in [1.82, 2.24) is 9.88 Å². The molecule has 1 amide bonds. The Bertz CT molecular complexity index is 977. The highest BCUT2D eigenvalue weighted by Gasteiger charge is 2.17. The molecule has 128 valence electrons. The largest absolute Gasteiger partial charge is 0.350 e. The van der Waals surface area contributed by atoms with Crippen LogP contribution in [0, 0.1) is 0 Å². The lowest BCUT2D eigenvalue weighted by Gasteiger charge is -2.15. The first kappa shape index (κ1) is 17.3. The number of pyridine rings is 1. The first-order valence-electron chi connectivity index (χ1n) is 8.04. The van der Waals surface area contributed by atoms with Gasteiger partial charge in [-0.05, 0) is 43.0 Å². The predicted molar refractivity (Wildman–Crippen MR) is 103 cm³/mol. The lowest BCUT2D eigenvalue weighted by molar-refractivity contribution is 0.0938. The van der Waals surface area contributed by atoms with Gasteiger partial charge in [-0.2, -0.15) is 0 Å². The average molecular weight is 352 g/mol. The van der Waals surface area contributed by atoms with Crippen LogP contribution in [-0.2, 0) is 7.05 Å². The van der Waals surface area contributed by atoms with E-state index in [-0.39, 0.29) is 22.9 Å². The molecule has 0 bridgehead atoms. The van der Waals surface area contributed by atoms with Gasteiger partial charge >= 0.3 is 0 Å². The van der Waals surface area contributed by atoms with E-state index in [1.165, 1.54) is 4.90 Å². The molecule has 0 spiro atoms. The van der Waals surface area contributed by atoms with Crippen molar-refractivity contribution < 1.29 is 4.79 Å². The number of nitrogens with zero attached hydrogens (tertiary/aromatic N) is 1. The molecule has 5 heteroatoms. The van der Waals surface area contributed by atoms with Crippen molar-refractivity contribution in [3.05, 3.63) is 76.1 Å². The molecule has 0 aliphatic carbocycles. The van der Waals surface area contributed by atoms with E-state index in [9.17, 15) is 9.59 Å². The van der Waals surface area contributed by atoms with Gasteiger partial charge in [-0.3, -0.25) is 9.59 Å². The van der Waals surface area contributed by atoms with Crippen LogP contribution in [0.2, 0.25) is 0 Å². The molecule has 1 N–H and O–H groups in total. The third-order valence-corrected chi connectivity index (χ3v) is 5.05. The maximum Gasteiger partial charge on any atom is 0.257 e. The standard InChI is InChI=1S/C20H20N2O2S/c1-13(14-8-10-15(25-3)11-9-14)21-20(24)17-12-22(2)18-7-5-4-6-16(18)19(17)23/h4-13H,1-3H3,(H,21,24)/t13-/m0/s1. The van der Waals surface area contributed by atoms with E-state index < -0.39 is 0 Å². The van der Waals surface area contributed by atoms with Crippen LogP contribution in [0.3, 0.4) is 0 Å². The number of aromatic nitrogens is 1. The van der Waals surface area contributed by atoms with Crippen LogP contribution < -0.4 is 10.7 Å². The zero-order valence-electron chi connectivity index (χ0n) is 14.4. The number of nitrogens with one attached hydrogen (secondary N) is 1. The summed E-state index contributed by atoms with van der Waals surface area (Å²) < 4.78 is 1.81. The van der Waals surface area contributed by atoms with Crippen LogP contribution in [0.4, 0.5) is 0 Å². The van der Waals surface area contributed by atoms with Crippen molar-refractivity contribution in [2.75, 3.05) is 6.26 Å². The zero-order valence-corrected chi connectivity index (χ0v) is 15.3. The third-order valence-electron chi connectivity index (χ3n) is 4.30. The fourth-order valence-corrected chi connectivity index (χ4v) is 3.26. The maximum absolute atomic E-state index is 12.6. The molecule has 3 rings (SSSR count). The van der Waals surface area contributed by atoms with Crippen LogP contribution in [0.5, 0.6) is 0 Å². The smallest absolute Gasteiger partial charge is 0.257 e. The van der Waals surface area contributed by atoms with Crippen LogP contribution in [0.25, 0.3) is 10.9 Å². The molecule has 3 aromatic rings. The molecule has 4 nitrogen and oxygen atoms in total. The molecule has 0 aliphatic rings. The maximum atomic E-state index is 12.6. The molecule has 2 aromatic carbocycles. The summed E-state index contributed by atoms with van der Waals surface area (Å²) in [7, 11) is 1.84. The molecule has 1 atom stereocenters. The molecule has 1 heterocycles. The Kier molecular flexibility index (Phi) is 4.95. The SMILES string of the molecule is CSc1ccc([C@H](C)NC(=O)c2cn(C)c3ccccc3c2=O)cc1. The Balaban J connectivity index is 1.89. The second-order valence-electron chi connectivity index (χ2n) is 5.97. The van der Waals surface area contributed by atoms with E-state index >= 15 is 0 Å². The Morgan fingerprint density at radius 1 is 1.12 bits per heavy atom. The Morgan fingerprint density at radius 3 is 2.48 bits per heavy atom. The van der Waals surface area contributed by atoms with Gasteiger partial charge in [0.05, 0.1) is 11.6 Å². The minimum absolute atomic E-state index is 0.161. The number of carbonyl (C=O) groups is 1. The van der Waals surface area contributed by atoms with E-state index in [1.54, 1.807) is 30.1 Å². The monoisotopic (exact) mass is 352 g/mol. The van der Waals surface area contributed by atoms with Gasteiger partial charge < -0.3 is 9.88 Å². The van der Waals surface area contributed by atoms with Crippen molar-refractivity contribution in [3.8, 4) is 0 Å². The zero-order chi connectivity index (χ0) is 18.0. The van der Waals surface area contributed by atoms with Gasteiger partial charge in [-0.25, -0.2) is 0 Å². The third kappa shape index (κ3) is 3.46. The van der Waals surface area contributed by atoms with Gasteiger partial charge in [0, 0.05) is 23.5 Å². The second kappa shape index (κ2) is 7.15. The molecule has 0 saturated heterocycles. The molecule has 0 saturated carbocycles. The van der Waals surface area contributed by atoms with Crippen LogP contribution >= 0.6 is 11.8 Å². The summed E-state index contributed by atoms with van der Waals surface area (Å²) in [6.45, 7) is 1.91. The topological polar surface area (TPSA) is 51.1 Å². The Morgan fingerprint density at radius 2 is 1.80 bits per heavy atom. The number of rotatable bonds is 4. The molecular weight excluding hydrogens is 332 g/mol. The fraction of sp³-hybridized carbons (Fsp3) is 0.200. The molecule has 0 fully saturated rings. The Hall–Kier alpha value is -2.53. The lowest BCUT2D eigenvalue weighted by Crippen LogP contribution is -2.31. The second-order valence-corrected chi connectivity index (χ2v) is 6.85. The van der Waals surface area contributed by atoms with Crippen molar-refractivity contribution in [2.45, 2.75) is 17.9 Å². The molecule has 1 aromatic heterocycles. The number of amides is 1. The van der Waals surface area contributed by atoms with E-state index in [0.717, 1.165) is 11.1 Å². The minimum atomic E-state index is -0.354. The number of hydrogen-bond donors (Lipinski definition) is 1. The highest BCUT2D eigenvalue weighted by Crippen LogP contribution is 2.19. The summed E-state index contributed by atoms with van der Waals surface area (Å²) in [4.78, 5) is 26.5. The van der Waals surface area contributed by atoms with E-state index in [2.05, 4.69) is 5.32 Å². The van der Waals surface area contributed by atoms with Gasteiger partial charge in [-0.15, -0.1) is 11.8 Å². The number of carbonyl (C=O) groups excluding carboxylic acids is 1. The summed E-state index contributed by atoms with van der Waals surface area (Å²) in [5, 5.41) is 3.47. The van der Waals surface area contributed by atoms with Crippen LogP contribution in [0.15, 0.2) is 64.4 Å². The number of thioether (sulfide) groups is 1. The summed E-state index contributed by atoms with van der Waals surface area (Å²) in [6, 6.07) is 15.2. The highest BCUT2D eigenvalue weighted by atomic mass is 32.2. The summed E-state index contributed by atoms with van der Waals surface area (Å²) in [6.07, 6.45) is 3.62. The van der Waals surface area contributed by atoms with Crippen LogP contribution in [0.1, 0.15) is 28.9 Å².